The lowest BCUT2D eigenvalue weighted by Gasteiger charge is -2.13. The van der Waals surface area contributed by atoms with E-state index in [2.05, 4.69) is 38.2 Å². The lowest BCUT2D eigenvalue weighted by atomic mass is 10.0. The Morgan fingerprint density at radius 1 is 0.469 bits per heavy atom. The van der Waals surface area contributed by atoms with Crippen LogP contribution in [0.5, 0.6) is 0 Å². The summed E-state index contributed by atoms with van der Waals surface area (Å²) in [6.07, 6.45) is 38.5. The summed E-state index contributed by atoms with van der Waals surface area (Å²) < 4.78 is 0. The van der Waals surface area contributed by atoms with E-state index in [1.165, 1.54) is 128 Å². The SMILES string of the molecule is CCCCCCCCCCC1CC=CCCC=CCC(CCCCCCCCCC)N=N1. The summed E-state index contributed by atoms with van der Waals surface area (Å²) >= 11 is 0. The van der Waals surface area contributed by atoms with Gasteiger partial charge in [0.25, 0.3) is 0 Å². The van der Waals surface area contributed by atoms with Gasteiger partial charge in [-0.25, -0.2) is 0 Å². The molecule has 0 aromatic heterocycles. The Kier molecular flexibility index (Phi) is 21.1. The Labute approximate surface area is 201 Å². The number of rotatable bonds is 18. The molecule has 0 N–H and O–H groups in total. The predicted molar refractivity (Wildman–Crippen MR) is 144 cm³/mol. The molecule has 2 unspecified atom stereocenters. The molecule has 0 amide bonds. The zero-order chi connectivity index (χ0) is 23.0. The van der Waals surface area contributed by atoms with Gasteiger partial charge in [0.15, 0.2) is 0 Å². The first-order valence-corrected chi connectivity index (χ1v) is 14.6. The first-order chi connectivity index (χ1) is 15.9. The van der Waals surface area contributed by atoms with Crippen LogP contribution in [0.2, 0.25) is 0 Å². The average molecular weight is 445 g/mol. The number of hydrogen-bond acceptors (Lipinski definition) is 2. The van der Waals surface area contributed by atoms with Gasteiger partial charge in [-0.3, -0.25) is 0 Å². The topological polar surface area (TPSA) is 24.7 Å². The van der Waals surface area contributed by atoms with Crippen molar-refractivity contribution < 1.29 is 0 Å². The minimum absolute atomic E-state index is 0.399. The zero-order valence-corrected chi connectivity index (χ0v) is 21.9. The van der Waals surface area contributed by atoms with Gasteiger partial charge in [0.1, 0.15) is 0 Å². The Morgan fingerprint density at radius 3 is 1.19 bits per heavy atom. The van der Waals surface area contributed by atoms with Crippen molar-refractivity contribution in [1.29, 1.82) is 0 Å². The molecule has 32 heavy (non-hydrogen) atoms. The molecule has 2 atom stereocenters. The van der Waals surface area contributed by atoms with Crippen LogP contribution in [0.3, 0.4) is 0 Å². The first-order valence-electron chi connectivity index (χ1n) is 14.6. The molecular formula is C30H56N2. The molecule has 1 heterocycles. The van der Waals surface area contributed by atoms with Crippen LogP contribution in [-0.2, 0) is 0 Å². The number of nitrogens with zero attached hydrogens (tertiary/aromatic N) is 2. The molecule has 0 fully saturated rings. The standard InChI is InChI=1S/C30H56N2/c1-3-5-7-9-11-13-17-21-25-29-27-23-19-15-16-20-24-28-30(32-31-29)26-22-18-14-12-10-8-6-4-2/h19-20,23-24,29-30H,3-18,21-22,25-28H2,1-2H3. The van der Waals surface area contributed by atoms with Crippen molar-refractivity contribution in [2.24, 2.45) is 10.2 Å². The van der Waals surface area contributed by atoms with Crippen molar-refractivity contribution >= 4 is 0 Å². The molecule has 2 nitrogen and oxygen atoms in total. The van der Waals surface area contributed by atoms with Gasteiger partial charge in [-0.2, -0.15) is 10.2 Å². The maximum absolute atomic E-state index is 4.89. The quantitative estimate of drug-likeness (QED) is 0.148. The molecule has 0 saturated carbocycles. The summed E-state index contributed by atoms with van der Waals surface area (Å²) in [5, 5.41) is 9.77. The van der Waals surface area contributed by atoms with E-state index in [0.29, 0.717) is 12.1 Å². The Hall–Kier alpha value is -0.920. The highest BCUT2D eigenvalue weighted by molar-refractivity contribution is 4.92. The Bertz CT molecular complexity index is 423. The van der Waals surface area contributed by atoms with Gasteiger partial charge in [-0.05, 0) is 38.5 Å². The summed E-state index contributed by atoms with van der Waals surface area (Å²) in [5.41, 5.74) is 0. The van der Waals surface area contributed by atoms with Crippen LogP contribution in [0, 0.1) is 0 Å². The van der Waals surface area contributed by atoms with Gasteiger partial charge in [-0.15, -0.1) is 0 Å². The molecule has 2 heteroatoms. The van der Waals surface area contributed by atoms with Crippen LogP contribution >= 0.6 is 0 Å². The summed E-state index contributed by atoms with van der Waals surface area (Å²) in [5.74, 6) is 0. The van der Waals surface area contributed by atoms with E-state index in [1.54, 1.807) is 0 Å². The fourth-order valence-corrected chi connectivity index (χ4v) is 4.60. The molecule has 1 aliphatic heterocycles. The fraction of sp³-hybridized carbons (Fsp3) is 0.867. The average Bonchev–Trinajstić information content (AvgIpc) is 2.80. The molecule has 0 spiro atoms. The van der Waals surface area contributed by atoms with Crippen molar-refractivity contribution in [2.45, 2.75) is 167 Å². The first kappa shape index (κ1) is 29.1. The van der Waals surface area contributed by atoms with E-state index in [0.717, 1.165) is 12.8 Å². The van der Waals surface area contributed by atoms with Gasteiger partial charge in [0.2, 0.25) is 0 Å². The molecule has 0 aromatic carbocycles. The normalized spacial score (nSPS) is 19.7. The number of azo groups is 1. The second-order valence-electron chi connectivity index (χ2n) is 10.1. The number of hydrogen-bond donors (Lipinski definition) is 0. The van der Waals surface area contributed by atoms with Crippen LogP contribution in [0.15, 0.2) is 34.5 Å². The summed E-state index contributed by atoms with van der Waals surface area (Å²) in [6.45, 7) is 4.59. The van der Waals surface area contributed by atoms with Gasteiger partial charge in [0, 0.05) is 0 Å². The van der Waals surface area contributed by atoms with E-state index >= 15 is 0 Å². The van der Waals surface area contributed by atoms with Gasteiger partial charge >= 0.3 is 0 Å². The molecule has 0 radical (unpaired) electrons. The van der Waals surface area contributed by atoms with Crippen LogP contribution < -0.4 is 0 Å². The van der Waals surface area contributed by atoms with E-state index in [-0.39, 0.29) is 0 Å². The Morgan fingerprint density at radius 2 is 0.812 bits per heavy atom. The largest absolute Gasteiger partial charge is 0.190 e. The monoisotopic (exact) mass is 444 g/mol. The smallest absolute Gasteiger partial charge is 0.0742 e. The zero-order valence-electron chi connectivity index (χ0n) is 21.9. The minimum Gasteiger partial charge on any atom is -0.190 e. The van der Waals surface area contributed by atoms with Crippen molar-refractivity contribution in [3.05, 3.63) is 24.3 Å². The third-order valence-electron chi connectivity index (χ3n) is 6.82. The number of unbranched alkanes of at least 4 members (excludes halogenated alkanes) is 14. The molecule has 186 valence electrons. The van der Waals surface area contributed by atoms with Crippen molar-refractivity contribution in [3.63, 3.8) is 0 Å². The summed E-state index contributed by atoms with van der Waals surface area (Å²) in [4.78, 5) is 0. The molecule has 0 bridgehead atoms. The van der Waals surface area contributed by atoms with E-state index in [4.69, 9.17) is 10.2 Å². The van der Waals surface area contributed by atoms with Gasteiger partial charge in [0.05, 0.1) is 12.1 Å². The lowest BCUT2D eigenvalue weighted by Crippen LogP contribution is -2.07. The van der Waals surface area contributed by atoms with Crippen molar-refractivity contribution in [3.8, 4) is 0 Å². The molecule has 0 saturated heterocycles. The molecule has 0 aromatic rings. The van der Waals surface area contributed by atoms with Crippen LogP contribution in [0.1, 0.15) is 155 Å². The van der Waals surface area contributed by atoms with Gasteiger partial charge < -0.3 is 0 Å². The van der Waals surface area contributed by atoms with E-state index in [9.17, 15) is 0 Å². The lowest BCUT2D eigenvalue weighted by molar-refractivity contribution is 0.480. The van der Waals surface area contributed by atoms with Crippen LogP contribution in [0.25, 0.3) is 0 Å². The summed E-state index contributed by atoms with van der Waals surface area (Å²) in [7, 11) is 0. The maximum Gasteiger partial charge on any atom is 0.0742 e. The van der Waals surface area contributed by atoms with E-state index < -0.39 is 0 Å². The fourth-order valence-electron chi connectivity index (χ4n) is 4.60. The van der Waals surface area contributed by atoms with Crippen molar-refractivity contribution in [1.82, 2.24) is 0 Å². The second-order valence-corrected chi connectivity index (χ2v) is 10.1. The van der Waals surface area contributed by atoms with Crippen LogP contribution in [-0.4, -0.2) is 12.1 Å². The predicted octanol–water partition coefficient (Wildman–Crippen LogP) is 10.9. The highest BCUT2D eigenvalue weighted by Gasteiger charge is 2.10. The third kappa shape index (κ3) is 18.6. The minimum atomic E-state index is 0.399. The number of allylic oxidation sites excluding steroid dienone is 2. The highest BCUT2D eigenvalue weighted by Crippen LogP contribution is 2.19. The van der Waals surface area contributed by atoms with Crippen molar-refractivity contribution in [2.75, 3.05) is 0 Å². The molecule has 1 rings (SSSR count). The molecular weight excluding hydrogens is 388 g/mol. The Balaban J connectivity index is 2.33. The molecule has 1 aliphatic rings. The van der Waals surface area contributed by atoms with Gasteiger partial charge in [-0.1, -0.05) is 141 Å². The maximum atomic E-state index is 4.89. The van der Waals surface area contributed by atoms with E-state index in [1.807, 2.05) is 0 Å². The highest BCUT2D eigenvalue weighted by atomic mass is 15.1. The summed E-state index contributed by atoms with van der Waals surface area (Å²) in [6, 6.07) is 0.798. The third-order valence-corrected chi connectivity index (χ3v) is 6.82. The molecule has 0 aliphatic carbocycles. The second kappa shape index (κ2) is 23.2. The van der Waals surface area contributed by atoms with Crippen LogP contribution in [0.4, 0.5) is 0 Å².